The third kappa shape index (κ3) is 4.23. The second-order valence-corrected chi connectivity index (χ2v) is 5.06. The maximum Gasteiger partial charge on any atom is 0.326 e. The zero-order chi connectivity index (χ0) is 16.8. The first-order valence-corrected chi connectivity index (χ1v) is 7.07. The van der Waals surface area contributed by atoms with Gasteiger partial charge < -0.3 is 20.6 Å². The topological polar surface area (TPSA) is 107 Å². The van der Waals surface area contributed by atoms with Gasteiger partial charge in [-0.3, -0.25) is 4.79 Å². The van der Waals surface area contributed by atoms with Crippen molar-refractivity contribution in [3.05, 3.63) is 59.7 Å². The molecule has 4 N–H and O–H groups in total. The first kappa shape index (κ1) is 16.4. The van der Waals surface area contributed by atoms with Gasteiger partial charge in [0.1, 0.15) is 23.1 Å². The molecule has 1 atom stereocenters. The van der Waals surface area contributed by atoms with E-state index in [-0.39, 0.29) is 12.0 Å². The van der Waals surface area contributed by atoms with E-state index in [4.69, 9.17) is 0 Å². The quantitative estimate of drug-likeness (QED) is 0.651. The van der Waals surface area contributed by atoms with Gasteiger partial charge >= 0.3 is 5.97 Å². The van der Waals surface area contributed by atoms with Crippen LogP contribution in [0.15, 0.2) is 48.5 Å². The second-order valence-electron chi connectivity index (χ2n) is 5.06. The van der Waals surface area contributed by atoms with Crippen molar-refractivity contribution in [2.75, 3.05) is 0 Å². The summed E-state index contributed by atoms with van der Waals surface area (Å²) in [4.78, 5) is 23.4. The number of nitrogens with one attached hydrogen (secondary N) is 1. The normalized spacial score (nSPS) is 11.7. The number of aliphatic carboxylic acids is 1. The molecule has 0 heterocycles. The number of carboxylic acids is 1. The molecule has 1 amide bonds. The van der Waals surface area contributed by atoms with Crippen molar-refractivity contribution in [1.82, 2.24) is 5.32 Å². The van der Waals surface area contributed by atoms with Crippen LogP contribution in [0.1, 0.15) is 22.3 Å². The van der Waals surface area contributed by atoms with Crippen molar-refractivity contribution in [3.63, 3.8) is 0 Å². The molecule has 0 aliphatic heterocycles. The Bertz CT molecular complexity index is 679. The molecule has 120 valence electrons. The van der Waals surface area contributed by atoms with Crippen molar-refractivity contribution in [2.24, 2.45) is 0 Å². The predicted molar refractivity (Wildman–Crippen MR) is 83.4 cm³/mol. The van der Waals surface area contributed by atoms with Crippen LogP contribution in [-0.4, -0.2) is 33.2 Å². The molecule has 2 aromatic carbocycles. The third-order valence-electron chi connectivity index (χ3n) is 3.42. The minimum atomic E-state index is -1.18. The first-order valence-electron chi connectivity index (χ1n) is 7.07. The highest BCUT2D eigenvalue weighted by molar-refractivity contribution is 6.01. The van der Waals surface area contributed by atoms with Gasteiger partial charge in [-0.05, 0) is 30.5 Å². The van der Waals surface area contributed by atoms with Crippen molar-refractivity contribution in [2.45, 2.75) is 18.9 Å². The predicted octanol–water partition coefficient (Wildman–Crippen LogP) is 1.91. The van der Waals surface area contributed by atoms with Crippen LogP contribution in [-0.2, 0) is 11.2 Å². The molecule has 2 aromatic rings. The summed E-state index contributed by atoms with van der Waals surface area (Å²) in [5.41, 5.74) is 0.622. The minimum absolute atomic E-state index is 0.194. The van der Waals surface area contributed by atoms with Gasteiger partial charge in [-0.25, -0.2) is 4.79 Å². The molecule has 0 fully saturated rings. The number of phenols is 2. The van der Waals surface area contributed by atoms with Crippen LogP contribution in [0.4, 0.5) is 0 Å². The number of aryl methyl sites for hydroxylation is 1. The van der Waals surface area contributed by atoms with Gasteiger partial charge in [-0.1, -0.05) is 36.4 Å². The van der Waals surface area contributed by atoms with Crippen molar-refractivity contribution < 1.29 is 24.9 Å². The Kier molecular flexibility index (Phi) is 5.19. The average molecular weight is 315 g/mol. The zero-order valence-corrected chi connectivity index (χ0v) is 12.3. The zero-order valence-electron chi connectivity index (χ0n) is 12.3. The van der Waals surface area contributed by atoms with E-state index in [1.54, 1.807) is 0 Å². The molecule has 6 nitrogen and oxygen atoms in total. The number of benzene rings is 2. The SMILES string of the molecule is O=C(N[C@@H](CCc1ccccc1)C(=O)O)c1c(O)cccc1O. The molecule has 0 aromatic heterocycles. The Balaban J connectivity index is 2.07. The number of amides is 1. The molecular formula is C17H17NO5. The van der Waals surface area contributed by atoms with Crippen molar-refractivity contribution in [1.29, 1.82) is 0 Å². The smallest absolute Gasteiger partial charge is 0.326 e. The number of rotatable bonds is 6. The summed E-state index contributed by atoms with van der Waals surface area (Å²) >= 11 is 0. The van der Waals surface area contributed by atoms with Gasteiger partial charge in [0.15, 0.2) is 0 Å². The maximum atomic E-state index is 12.1. The number of phenolic OH excluding ortho intramolecular Hbond substituents is 2. The fourth-order valence-corrected chi connectivity index (χ4v) is 2.20. The molecule has 2 rings (SSSR count). The van der Waals surface area contributed by atoms with E-state index in [9.17, 15) is 24.9 Å². The van der Waals surface area contributed by atoms with Gasteiger partial charge in [-0.15, -0.1) is 0 Å². The summed E-state index contributed by atoms with van der Waals surface area (Å²) in [6, 6.07) is 12.1. The summed E-state index contributed by atoms with van der Waals surface area (Å²) in [5.74, 6) is -2.82. The molecule has 0 unspecified atom stereocenters. The molecule has 0 saturated heterocycles. The van der Waals surface area contributed by atoms with Crippen molar-refractivity contribution in [3.8, 4) is 11.5 Å². The minimum Gasteiger partial charge on any atom is -0.507 e. The average Bonchev–Trinajstić information content (AvgIpc) is 2.52. The van der Waals surface area contributed by atoms with Gasteiger partial charge in [0.25, 0.3) is 5.91 Å². The van der Waals surface area contributed by atoms with Crippen LogP contribution in [0.2, 0.25) is 0 Å². The number of carbonyl (C=O) groups is 2. The van der Waals surface area contributed by atoms with E-state index >= 15 is 0 Å². The van der Waals surface area contributed by atoms with E-state index in [1.807, 2.05) is 30.3 Å². The molecule has 0 aliphatic rings. The Morgan fingerprint density at radius 2 is 1.57 bits per heavy atom. The van der Waals surface area contributed by atoms with Gasteiger partial charge in [-0.2, -0.15) is 0 Å². The molecule has 0 saturated carbocycles. The number of hydrogen-bond donors (Lipinski definition) is 4. The lowest BCUT2D eigenvalue weighted by molar-refractivity contribution is -0.139. The molecule has 6 heteroatoms. The van der Waals surface area contributed by atoms with Gasteiger partial charge in [0.05, 0.1) is 0 Å². The molecule has 0 spiro atoms. The molecule has 0 aliphatic carbocycles. The van der Waals surface area contributed by atoms with Crippen LogP contribution in [0.3, 0.4) is 0 Å². The summed E-state index contributed by atoms with van der Waals surface area (Å²) in [7, 11) is 0. The lowest BCUT2D eigenvalue weighted by atomic mass is 10.0. The summed E-state index contributed by atoms with van der Waals surface area (Å²) in [6.45, 7) is 0. The van der Waals surface area contributed by atoms with E-state index in [2.05, 4.69) is 5.32 Å². The standard InChI is InChI=1S/C17H17NO5/c19-13-7-4-8-14(20)15(13)16(21)18-12(17(22)23)10-9-11-5-2-1-3-6-11/h1-8,12,19-20H,9-10H2,(H,18,21)(H,22,23)/t12-/m0/s1. The monoisotopic (exact) mass is 315 g/mol. The number of carbonyl (C=O) groups excluding carboxylic acids is 1. The lowest BCUT2D eigenvalue weighted by Crippen LogP contribution is -2.41. The highest BCUT2D eigenvalue weighted by Crippen LogP contribution is 2.26. The molecular weight excluding hydrogens is 298 g/mol. The fraction of sp³-hybridized carbons (Fsp3) is 0.176. The van der Waals surface area contributed by atoms with E-state index in [0.29, 0.717) is 6.42 Å². The van der Waals surface area contributed by atoms with Crippen molar-refractivity contribution >= 4 is 11.9 Å². The number of aromatic hydroxyl groups is 2. The Hall–Kier alpha value is -3.02. The summed E-state index contributed by atoms with van der Waals surface area (Å²) in [6.07, 6.45) is 0.671. The van der Waals surface area contributed by atoms with E-state index < -0.39 is 29.4 Å². The van der Waals surface area contributed by atoms with E-state index in [0.717, 1.165) is 5.56 Å². The number of carboxylic acid groups (broad SMARTS) is 1. The van der Waals surface area contributed by atoms with Gasteiger partial charge in [0, 0.05) is 0 Å². The number of hydrogen-bond acceptors (Lipinski definition) is 4. The van der Waals surface area contributed by atoms with Crippen LogP contribution in [0, 0.1) is 0 Å². The Labute approximate surface area is 133 Å². The molecule has 23 heavy (non-hydrogen) atoms. The largest absolute Gasteiger partial charge is 0.507 e. The molecule has 0 bridgehead atoms. The summed E-state index contributed by atoms with van der Waals surface area (Å²) in [5, 5.41) is 30.9. The fourth-order valence-electron chi connectivity index (χ4n) is 2.20. The van der Waals surface area contributed by atoms with Crippen LogP contribution < -0.4 is 5.32 Å². The van der Waals surface area contributed by atoms with Crippen LogP contribution in [0.25, 0.3) is 0 Å². The van der Waals surface area contributed by atoms with Crippen LogP contribution >= 0.6 is 0 Å². The van der Waals surface area contributed by atoms with Crippen LogP contribution in [0.5, 0.6) is 11.5 Å². The highest BCUT2D eigenvalue weighted by Gasteiger charge is 2.23. The Morgan fingerprint density at radius 3 is 2.13 bits per heavy atom. The second kappa shape index (κ2) is 7.31. The third-order valence-corrected chi connectivity index (χ3v) is 3.42. The Morgan fingerprint density at radius 1 is 0.957 bits per heavy atom. The van der Waals surface area contributed by atoms with Gasteiger partial charge in [0.2, 0.25) is 0 Å². The lowest BCUT2D eigenvalue weighted by Gasteiger charge is -2.15. The molecule has 0 radical (unpaired) electrons. The van der Waals surface area contributed by atoms with E-state index in [1.165, 1.54) is 18.2 Å². The highest BCUT2D eigenvalue weighted by atomic mass is 16.4. The first-order chi connectivity index (χ1) is 11.0. The summed E-state index contributed by atoms with van der Waals surface area (Å²) < 4.78 is 0. The maximum absolute atomic E-state index is 12.1.